The van der Waals surface area contributed by atoms with Crippen molar-refractivity contribution in [1.29, 1.82) is 0 Å². The van der Waals surface area contributed by atoms with E-state index in [1.165, 1.54) is 37.3 Å². The van der Waals surface area contributed by atoms with Crippen molar-refractivity contribution in [3.63, 3.8) is 0 Å². The van der Waals surface area contributed by atoms with Crippen LogP contribution in [0.15, 0.2) is 63.5 Å². The highest BCUT2D eigenvalue weighted by atomic mass is 35.5. The van der Waals surface area contributed by atoms with Crippen molar-refractivity contribution in [2.75, 3.05) is 19.8 Å². The molecule has 1 atom stereocenters. The zero-order valence-electron chi connectivity index (χ0n) is 21.2. The Morgan fingerprint density at radius 2 is 1.72 bits per heavy atom. The van der Waals surface area contributed by atoms with Crippen LogP contribution >= 0.6 is 22.9 Å². The Balaban J connectivity index is 1.98. The lowest BCUT2D eigenvalue weighted by atomic mass is 9.95. The Hall–Kier alpha value is -3.57. The molecule has 2 aromatic carbocycles. The predicted molar refractivity (Wildman–Crippen MR) is 141 cm³/mol. The first-order valence-corrected chi connectivity index (χ1v) is 13.2. The van der Waals surface area contributed by atoms with Crippen molar-refractivity contribution in [2.24, 2.45) is 4.99 Å². The first-order chi connectivity index (χ1) is 18.6. The Bertz CT molecular complexity index is 1590. The molecule has 0 bridgehead atoms. The summed E-state index contributed by atoms with van der Waals surface area (Å²) in [6.07, 6.45) is -3.45. The normalized spacial score (nSPS) is 15.6. The van der Waals surface area contributed by atoms with E-state index >= 15 is 0 Å². The van der Waals surface area contributed by atoms with Gasteiger partial charge in [0, 0.05) is 5.02 Å². The van der Waals surface area contributed by atoms with E-state index < -0.39 is 35.0 Å². The third kappa shape index (κ3) is 5.89. The predicted octanol–water partition coefficient (Wildman–Crippen LogP) is 4.79. The van der Waals surface area contributed by atoms with Crippen LogP contribution < -0.4 is 24.4 Å². The molecule has 206 valence electrons. The van der Waals surface area contributed by atoms with E-state index in [0.717, 1.165) is 15.9 Å². The van der Waals surface area contributed by atoms with Gasteiger partial charge in [-0.1, -0.05) is 41.1 Å². The van der Waals surface area contributed by atoms with Crippen molar-refractivity contribution in [2.45, 2.75) is 33.0 Å². The molecule has 0 aliphatic carbocycles. The van der Waals surface area contributed by atoms with Crippen LogP contribution in [0.4, 0.5) is 13.2 Å². The molecule has 39 heavy (non-hydrogen) atoms. The molecular weight excluding hydrogens is 557 g/mol. The molecule has 3 aromatic rings. The number of fused-ring (bicyclic) bond motifs is 1. The number of carbonyl (C=O) groups is 1. The fraction of sp³-hybridized carbons (Fsp3) is 0.296. The Labute approximate surface area is 230 Å². The molecule has 2 heterocycles. The summed E-state index contributed by atoms with van der Waals surface area (Å²) in [6, 6.07) is 9.50. The summed E-state index contributed by atoms with van der Waals surface area (Å²) in [6.45, 7) is 5.77. The molecule has 7 nitrogen and oxygen atoms in total. The van der Waals surface area contributed by atoms with Gasteiger partial charge in [0.05, 0.1) is 36.0 Å². The third-order valence-electron chi connectivity index (χ3n) is 5.65. The van der Waals surface area contributed by atoms with Crippen LogP contribution in [0.3, 0.4) is 0 Å². The maximum absolute atomic E-state index is 14.2. The largest absolute Gasteiger partial charge is 0.490 e. The van der Waals surface area contributed by atoms with Gasteiger partial charge >= 0.3 is 12.1 Å². The average molecular weight is 581 g/mol. The zero-order valence-corrected chi connectivity index (χ0v) is 22.7. The van der Waals surface area contributed by atoms with E-state index in [1.807, 2.05) is 13.8 Å². The van der Waals surface area contributed by atoms with Crippen LogP contribution in [0.2, 0.25) is 5.02 Å². The number of hydrogen-bond acceptors (Lipinski definition) is 7. The molecule has 1 aliphatic rings. The SMILES string of the molecule is CCOC(=O)C1=C(C(F)(F)F)N=c2s/c(=C\c3ccc(OCC)c(OCC)c3)c(=O)n2[C@@H]1c1ccc(Cl)cc1. The summed E-state index contributed by atoms with van der Waals surface area (Å²) in [5.41, 5.74) is -1.99. The Morgan fingerprint density at radius 1 is 1.05 bits per heavy atom. The number of halogens is 4. The van der Waals surface area contributed by atoms with Crippen LogP contribution in [-0.4, -0.2) is 36.5 Å². The second-order valence-electron chi connectivity index (χ2n) is 8.19. The highest BCUT2D eigenvalue weighted by Gasteiger charge is 2.45. The van der Waals surface area contributed by atoms with Gasteiger partial charge in [0.15, 0.2) is 22.0 Å². The van der Waals surface area contributed by atoms with Gasteiger partial charge in [-0.3, -0.25) is 9.36 Å². The molecule has 0 amide bonds. The van der Waals surface area contributed by atoms with Crippen LogP contribution in [0, 0.1) is 0 Å². The third-order valence-corrected chi connectivity index (χ3v) is 6.88. The summed E-state index contributed by atoms with van der Waals surface area (Å²) in [7, 11) is 0. The van der Waals surface area contributed by atoms with Crippen molar-refractivity contribution < 1.29 is 32.2 Å². The standard InChI is InChI=1S/C27H24ClF3N2O5S/c1-4-36-18-12-7-15(13-19(18)37-5-2)14-20-24(34)33-22(16-8-10-17(28)11-9-16)21(25(35)38-6-3)23(27(29,30)31)32-26(33)39-20/h7-14,22H,4-6H2,1-3H3/b20-14-/t22-/m1/s1. The number of ether oxygens (including phenoxy) is 3. The quantitative estimate of drug-likeness (QED) is 0.358. The minimum atomic E-state index is -4.98. The van der Waals surface area contributed by atoms with Crippen molar-refractivity contribution in [3.8, 4) is 11.5 Å². The number of allylic oxidation sites excluding steroid dienone is 1. The molecule has 4 rings (SSSR count). The lowest BCUT2D eigenvalue weighted by Gasteiger charge is -2.26. The summed E-state index contributed by atoms with van der Waals surface area (Å²) in [4.78, 5) is 30.1. The van der Waals surface area contributed by atoms with Gasteiger partial charge in [0.25, 0.3) is 5.56 Å². The monoisotopic (exact) mass is 580 g/mol. The van der Waals surface area contributed by atoms with E-state index in [1.54, 1.807) is 18.2 Å². The molecule has 0 unspecified atom stereocenters. The number of benzene rings is 2. The van der Waals surface area contributed by atoms with E-state index in [9.17, 15) is 22.8 Å². The Morgan fingerprint density at radius 3 is 2.33 bits per heavy atom. The first kappa shape index (κ1) is 28.4. The molecule has 1 aromatic heterocycles. The van der Waals surface area contributed by atoms with Crippen LogP contribution in [0.1, 0.15) is 37.9 Å². The van der Waals surface area contributed by atoms with Crippen LogP contribution in [-0.2, 0) is 9.53 Å². The number of rotatable bonds is 8. The fourth-order valence-corrected chi connectivity index (χ4v) is 5.24. The minimum absolute atomic E-state index is 0.117. The molecule has 0 saturated heterocycles. The summed E-state index contributed by atoms with van der Waals surface area (Å²) in [5, 5.41) is 0.337. The van der Waals surface area contributed by atoms with Gasteiger partial charge in [0.1, 0.15) is 0 Å². The summed E-state index contributed by atoms with van der Waals surface area (Å²) >= 11 is 6.78. The highest BCUT2D eigenvalue weighted by Crippen LogP contribution is 2.38. The highest BCUT2D eigenvalue weighted by molar-refractivity contribution is 7.07. The lowest BCUT2D eigenvalue weighted by Crippen LogP contribution is -2.41. The van der Waals surface area contributed by atoms with Gasteiger partial charge in [0.2, 0.25) is 0 Å². The van der Waals surface area contributed by atoms with Gasteiger partial charge < -0.3 is 14.2 Å². The van der Waals surface area contributed by atoms with Crippen molar-refractivity contribution in [1.82, 2.24) is 4.57 Å². The number of carbonyl (C=O) groups excluding carboxylic acids is 1. The summed E-state index contributed by atoms with van der Waals surface area (Å²) < 4.78 is 60.0. The van der Waals surface area contributed by atoms with Gasteiger partial charge in [-0.2, -0.15) is 13.2 Å². The van der Waals surface area contributed by atoms with Gasteiger partial charge in [-0.25, -0.2) is 9.79 Å². The van der Waals surface area contributed by atoms with Gasteiger partial charge in [-0.15, -0.1) is 0 Å². The Kier molecular flexibility index (Phi) is 8.51. The van der Waals surface area contributed by atoms with E-state index in [0.29, 0.717) is 35.3 Å². The fourth-order valence-electron chi connectivity index (χ4n) is 4.11. The van der Waals surface area contributed by atoms with Crippen LogP contribution in [0.25, 0.3) is 6.08 Å². The molecule has 12 heteroatoms. The smallest absolute Gasteiger partial charge is 0.434 e. The number of nitrogens with zero attached hydrogens (tertiary/aromatic N) is 2. The lowest BCUT2D eigenvalue weighted by molar-refractivity contribution is -0.140. The topological polar surface area (TPSA) is 79.1 Å². The maximum atomic E-state index is 14.2. The first-order valence-electron chi connectivity index (χ1n) is 12.0. The number of thiazole rings is 1. The van der Waals surface area contributed by atoms with E-state index in [-0.39, 0.29) is 21.5 Å². The molecule has 0 N–H and O–H groups in total. The number of aromatic nitrogens is 1. The molecular formula is C27H24ClF3N2O5S. The zero-order chi connectivity index (χ0) is 28.3. The summed E-state index contributed by atoms with van der Waals surface area (Å²) in [5.74, 6) is -0.228. The maximum Gasteiger partial charge on any atom is 0.434 e. The minimum Gasteiger partial charge on any atom is -0.490 e. The number of hydrogen-bond donors (Lipinski definition) is 0. The van der Waals surface area contributed by atoms with E-state index in [4.69, 9.17) is 25.8 Å². The number of esters is 1. The molecule has 0 spiro atoms. The average Bonchev–Trinajstić information content (AvgIpc) is 3.19. The van der Waals surface area contributed by atoms with Crippen molar-refractivity contribution in [3.05, 3.63) is 89.6 Å². The second-order valence-corrected chi connectivity index (χ2v) is 9.63. The second kappa shape index (κ2) is 11.7. The molecule has 0 radical (unpaired) electrons. The van der Waals surface area contributed by atoms with E-state index in [2.05, 4.69) is 4.99 Å². The van der Waals surface area contributed by atoms with Gasteiger partial charge in [-0.05, 0) is 62.2 Å². The van der Waals surface area contributed by atoms with Crippen molar-refractivity contribution >= 4 is 35.0 Å². The molecule has 1 aliphatic heterocycles. The molecule has 0 fully saturated rings. The van der Waals surface area contributed by atoms with Crippen LogP contribution in [0.5, 0.6) is 11.5 Å². The number of alkyl halides is 3. The molecule has 0 saturated carbocycles.